The van der Waals surface area contributed by atoms with Crippen LogP contribution in [0.5, 0.6) is 0 Å². The largest absolute Gasteiger partial charge is 0.376 e. The van der Waals surface area contributed by atoms with Crippen molar-refractivity contribution < 1.29 is 9.47 Å². The van der Waals surface area contributed by atoms with Crippen LogP contribution in [0.1, 0.15) is 29.4 Å². The van der Waals surface area contributed by atoms with Gasteiger partial charge in [0.05, 0.1) is 17.5 Å². The fourth-order valence-corrected chi connectivity index (χ4v) is 3.77. The highest BCUT2D eigenvalue weighted by Gasteiger charge is 2.35. The van der Waals surface area contributed by atoms with E-state index in [1.807, 2.05) is 65.3 Å². The molecule has 0 aliphatic carbocycles. The van der Waals surface area contributed by atoms with Crippen molar-refractivity contribution in [1.29, 1.82) is 0 Å². The van der Waals surface area contributed by atoms with Crippen molar-refractivity contribution in [2.45, 2.75) is 18.2 Å². The zero-order chi connectivity index (χ0) is 19.3. The summed E-state index contributed by atoms with van der Waals surface area (Å²) in [5, 5.41) is 8.72. The number of methoxy groups -OCH3 is 2. The summed E-state index contributed by atoms with van der Waals surface area (Å²) in [4.78, 5) is 0. The van der Waals surface area contributed by atoms with E-state index in [1.165, 1.54) is 0 Å². The lowest BCUT2D eigenvalue weighted by atomic mass is 9.87. The summed E-state index contributed by atoms with van der Waals surface area (Å²) < 4.78 is 13.9. The average Bonchev–Trinajstić information content (AvgIpc) is 3.19. The van der Waals surface area contributed by atoms with Crippen molar-refractivity contribution in [3.05, 3.63) is 96.1 Å². The van der Waals surface area contributed by atoms with E-state index in [-0.39, 0.29) is 18.2 Å². The van der Waals surface area contributed by atoms with Gasteiger partial charge in [-0.1, -0.05) is 78.0 Å². The first-order valence-electron chi connectivity index (χ1n) is 9.29. The molecule has 0 radical (unpaired) electrons. The Labute approximate surface area is 164 Å². The first-order chi connectivity index (χ1) is 13.8. The second kappa shape index (κ2) is 8.33. The summed E-state index contributed by atoms with van der Waals surface area (Å²) >= 11 is 0. The number of aromatic nitrogens is 3. The predicted molar refractivity (Wildman–Crippen MR) is 109 cm³/mol. The van der Waals surface area contributed by atoms with E-state index in [9.17, 15) is 0 Å². The molecule has 0 aliphatic rings. The Hall–Kier alpha value is -3.02. The van der Waals surface area contributed by atoms with Crippen molar-refractivity contribution in [2.24, 2.45) is 0 Å². The van der Waals surface area contributed by atoms with E-state index < -0.39 is 0 Å². The van der Waals surface area contributed by atoms with Crippen LogP contribution in [0.2, 0.25) is 0 Å². The summed E-state index contributed by atoms with van der Waals surface area (Å²) in [6, 6.07) is 28.4. The molecule has 3 atom stereocenters. The highest BCUT2D eigenvalue weighted by Crippen LogP contribution is 2.42. The van der Waals surface area contributed by atoms with Gasteiger partial charge in [0.25, 0.3) is 0 Å². The highest BCUT2D eigenvalue weighted by atomic mass is 16.5. The van der Waals surface area contributed by atoms with E-state index in [0.717, 1.165) is 22.2 Å². The zero-order valence-electron chi connectivity index (χ0n) is 16.0. The van der Waals surface area contributed by atoms with Crippen LogP contribution in [-0.4, -0.2) is 29.2 Å². The summed E-state index contributed by atoms with van der Waals surface area (Å²) in [7, 11) is 3.44. The third-order valence-corrected chi connectivity index (χ3v) is 5.06. The maximum atomic E-state index is 6.00. The molecule has 0 saturated carbocycles. The van der Waals surface area contributed by atoms with Gasteiger partial charge in [-0.15, -0.1) is 5.10 Å². The molecule has 4 aromatic rings. The lowest BCUT2D eigenvalue weighted by molar-refractivity contribution is -0.0434. The Morgan fingerprint density at radius 1 is 0.714 bits per heavy atom. The van der Waals surface area contributed by atoms with Crippen LogP contribution in [0.3, 0.4) is 0 Å². The third kappa shape index (κ3) is 3.42. The molecule has 0 spiro atoms. The summed E-state index contributed by atoms with van der Waals surface area (Å²) in [5.74, 6) is -0.122. The zero-order valence-corrected chi connectivity index (χ0v) is 16.0. The number of rotatable bonds is 7. The van der Waals surface area contributed by atoms with Crippen LogP contribution in [-0.2, 0) is 9.47 Å². The van der Waals surface area contributed by atoms with Gasteiger partial charge in [0, 0.05) is 14.2 Å². The smallest absolute Gasteiger partial charge is 0.161 e. The molecule has 3 aromatic carbocycles. The van der Waals surface area contributed by atoms with Gasteiger partial charge < -0.3 is 9.47 Å². The van der Waals surface area contributed by atoms with Gasteiger partial charge in [0.1, 0.15) is 5.52 Å². The highest BCUT2D eigenvalue weighted by molar-refractivity contribution is 5.74. The van der Waals surface area contributed by atoms with Gasteiger partial charge >= 0.3 is 0 Å². The molecule has 5 heteroatoms. The summed E-state index contributed by atoms with van der Waals surface area (Å²) in [5.41, 5.74) is 3.97. The molecular weight excluding hydrogens is 350 g/mol. The van der Waals surface area contributed by atoms with Crippen molar-refractivity contribution >= 4 is 11.0 Å². The number of para-hydroxylation sites is 1. The number of ether oxygens (including phenoxy) is 2. The standard InChI is InChI=1S/C23H23N3O2/c1-27-22(18-13-7-4-8-14-18)21(17-11-5-3-6-12-17)23(28-2)26-20-16-10-9-15-19(20)24-25-26/h3-16,21-23H,1-2H3/t21-,22+,23-/m1/s1. The minimum Gasteiger partial charge on any atom is -0.376 e. The van der Waals surface area contributed by atoms with Crippen LogP contribution in [0.15, 0.2) is 84.9 Å². The molecule has 0 amide bonds. The van der Waals surface area contributed by atoms with Crippen molar-refractivity contribution in [1.82, 2.24) is 15.0 Å². The monoisotopic (exact) mass is 373 g/mol. The maximum Gasteiger partial charge on any atom is 0.161 e. The first-order valence-corrected chi connectivity index (χ1v) is 9.29. The van der Waals surface area contributed by atoms with Gasteiger partial charge in [-0.2, -0.15) is 0 Å². The molecule has 0 unspecified atom stereocenters. The van der Waals surface area contributed by atoms with Crippen LogP contribution >= 0.6 is 0 Å². The number of nitrogens with zero attached hydrogens (tertiary/aromatic N) is 3. The molecule has 5 nitrogen and oxygen atoms in total. The molecular formula is C23H23N3O2. The quantitative estimate of drug-likeness (QED) is 0.469. The van der Waals surface area contributed by atoms with Crippen molar-refractivity contribution in [3.8, 4) is 0 Å². The lowest BCUT2D eigenvalue weighted by Crippen LogP contribution is -2.27. The molecule has 4 rings (SSSR count). The second-order valence-corrected chi connectivity index (χ2v) is 6.65. The molecule has 1 heterocycles. The maximum absolute atomic E-state index is 6.00. The SMILES string of the molecule is CO[C@H]([C@H](c1ccccc1)[C@@H](OC)c1ccccc1)n1nnc2ccccc21. The van der Waals surface area contributed by atoms with Gasteiger partial charge in [-0.05, 0) is 23.3 Å². The molecule has 0 bridgehead atoms. The third-order valence-electron chi connectivity index (χ3n) is 5.06. The van der Waals surface area contributed by atoms with E-state index in [2.05, 4.69) is 34.6 Å². The van der Waals surface area contributed by atoms with Crippen molar-refractivity contribution in [3.63, 3.8) is 0 Å². The fraction of sp³-hybridized carbons (Fsp3) is 0.217. The van der Waals surface area contributed by atoms with Crippen LogP contribution in [0.4, 0.5) is 0 Å². The molecule has 142 valence electrons. The Kier molecular flexibility index (Phi) is 5.46. The fourth-order valence-electron chi connectivity index (χ4n) is 3.77. The molecule has 28 heavy (non-hydrogen) atoms. The molecule has 0 fully saturated rings. The summed E-state index contributed by atoms with van der Waals surface area (Å²) in [6.07, 6.45) is -0.600. The van der Waals surface area contributed by atoms with Crippen LogP contribution < -0.4 is 0 Å². The van der Waals surface area contributed by atoms with Gasteiger partial charge in [-0.25, -0.2) is 4.68 Å². The van der Waals surface area contributed by atoms with Gasteiger partial charge in [-0.3, -0.25) is 0 Å². The minimum absolute atomic E-state index is 0.122. The van der Waals surface area contributed by atoms with Gasteiger partial charge in [0.2, 0.25) is 0 Å². The number of fused-ring (bicyclic) bond motifs is 1. The molecule has 0 saturated heterocycles. The Morgan fingerprint density at radius 2 is 1.32 bits per heavy atom. The molecule has 0 aliphatic heterocycles. The first kappa shape index (κ1) is 18.3. The van der Waals surface area contributed by atoms with E-state index in [1.54, 1.807) is 14.2 Å². The summed E-state index contributed by atoms with van der Waals surface area (Å²) in [6.45, 7) is 0. The topological polar surface area (TPSA) is 49.2 Å². The number of hydrogen-bond donors (Lipinski definition) is 0. The van der Waals surface area contributed by atoms with Crippen LogP contribution in [0.25, 0.3) is 11.0 Å². The number of hydrogen-bond acceptors (Lipinski definition) is 4. The Bertz CT molecular complexity index is 1020. The normalized spacial score (nSPS) is 14.6. The van der Waals surface area contributed by atoms with E-state index in [0.29, 0.717) is 0 Å². The molecule has 1 aromatic heterocycles. The lowest BCUT2D eigenvalue weighted by Gasteiger charge is -2.33. The molecule has 0 N–H and O–H groups in total. The van der Waals surface area contributed by atoms with Crippen LogP contribution in [0, 0.1) is 0 Å². The predicted octanol–water partition coefficient (Wildman–Crippen LogP) is 4.75. The van der Waals surface area contributed by atoms with E-state index in [4.69, 9.17) is 9.47 Å². The minimum atomic E-state index is -0.389. The number of benzene rings is 3. The second-order valence-electron chi connectivity index (χ2n) is 6.65. The average molecular weight is 373 g/mol. The Balaban J connectivity index is 1.86. The Morgan fingerprint density at radius 3 is 1.96 bits per heavy atom. The van der Waals surface area contributed by atoms with Gasteiger partial charge in [0.15, 0.2) is 6.23 Å². The van der Waals surface area contributed by atoms with E-state index >= 15 is 0 Å². The van der Waals surface area contributed by atoms with Crippen molar-refractivity contribution in [2.75, 3.05) is 14.2 Å².